The summed E-state index contributed by atoms with van der Waals surface area (Å²) in [4.78, 5) is 10.9. The molecule has 0 aliphatic carbocycles. The highest BCUT2D eigenvalue weighted by atomic mass is 79.9. The Morgan fingerprint density at radius 1 is 1.47 bits per heavy atom. The summed E-state index contributed by atoms with van der Waals surface area (Å²) >= 11 is 3.34. The van der Waals surface area contributed by atoms with E-state index in [2.05, 4.69) is 21.2 Å². The Hall–Kier alpha value is -0.870. The van der Waals surface area contributed by atoms with Crippen LogP contribution >= 0.6 is 15.9 Å². The maximum Gasteiger partial charge on any atom is 0.321 e. The minimum absolute atomic E-state index is 0.504. The van der Waals surface area contributed by atoms with E-state index in [1.807, 2.05) is 31.2 Å². The molecule has 0 amide bonds. The van der Waals surface area contributed by atoms with Gasteiger partial charge in [-0.05, 0) is 30.7 Å². The van der Waals surface area contributed by atoms with E-state index >= 15 is 0 Å². The predicted octanol–water partition coefficient (Wildman–Crippen LogP) is 2.05. The van der Waals surface area contributed by atoms with Gasteiger partial charge in [-0.3, -0.25) is 4.79 Å². The summed E-state index contributed by atoms with van der Waals surface area (Å²) in [5, 5.41) is 11.9. The molecule has 0 spiro atoms. The lowest BCUT2D eigenvalue weighted by Gasteiger charge is -2.12. The van der Waals surface area contributed by atoms with Gasteiger partial charge in [0.1, 0.15) is 6.04 Å². The average Bonchev–Trinajstić information content (AvgIpc) is 2.20. The van der Waals surface area contributed by atoms with Crippen molar-refractivity contribution in [2.24, 2.45) is 0 Å². The third-order valence-corrected chi connectivity index (χ3v) is 2.63. The molecule has 15 heavy (non-hydrogen) atoms. The number of hydrogen-bond acceptors (Lipinski definition) is 2. The lowest BCUT2D eigenvalue weighted by Crippen LogP contribution is -2.38. The fourth-order valence-electron chi connectivity index (χ4n) is 1.35. The molecule has 1 aromatic rings. The van der Waals surface area contributed by atoms with Crippen LogP contribution in [0.4, 0.5) is 0 Å². The summed E-state index contributed by atoms with van der Waals surface area (Å²) in [6, 6.07) is 7.19. The number of carboxylic acids is 1. The quantitative estimate of drug-likeness (QED) is 0.862. The van der Waals surface area contributed by atoms with E-state index < -0.39 is 12.0 Å². The Morgan fingerprint density at radius 2 is 2.07 bits per heavy atom. The maximum atomic E-state index is 10.9. The van der Waals surface area contributed by atoms with Crippen LogP contribution in [0.2, 0.25) is 0 Å². The average molecular weight is 272 g/mol. The van der Waals surface area contributed by atoms with Gasteiger partial charge in [-0.1, -0.05) is 35.0 Å². The molecule has 4 heteroatoms. The molecule has 82 valence electrons. The smallest absolute Gasteiger partial charge is 0.321 e. The van der Waals surface area contributed by atoms with Crippen LogP contribution in [0.15, 0.2) is 28.7 Å². The van der Waals surface area contributed by atoms with E-state index in [-0.39, 0.29) is 0 Å². The molecule has 0 aliphatic heterocycles. The van der Waals surface area contributed by atoms with Crippen molar-refractivity contribution in [1.29, 1.82) is 0 Å². The zero-order valence-electron chi connectivity index (χ0n) is 8.53. The Morgan fingerprint density at radius 3 is 2.53 bits per heavy atom. The van der Waals surface area contributed by atoms with Crippen molar-refractivity contribution in [3.8, 4) is 0 Å². The molecular weight excluding hydrogens is 258 g/mol. The van der Waals surface area contributed by atoms with Crippen LogP contribution in [-0.4, -0.2) is 23.7 Å². The van der Waals surface area contributed by atoms with Crippen LogP contribution in [0.5, 0.6) is 0 Å². The van der Waals surface area contributed by atoms with E-state index in [1.54, 1.807) is 0 Å². The SMILES string of the molecule is CCN[C@@H](Cc1ccc(Br)cc1)C(=O)O. The lowest BCUT2D eigenvalue weighted by atomic mass is 10.1. The van der Waals surface area contributed by atoms with Crippen molar-refractivity contribution in [3.05, 3.63) is 34.3 Å². The lowest BCUT2D eigenvalue weighted by molar-refractivity contribution is -0.139. The van der Waals surface area contributed by atoms with Gasteiger partial charge in [0, 0.05) is 4.47 Å². The summed E-state index contributed by atoms with van der Waals surface area (Å²) in [7, 11) is 0. The summed E-state index contributed by atoms with van der Waals surface area (Å²) in [6.07, 6.45) is 0.510. The van der Waals surface area contributed by atoms with Crippen LogP contribution in [0.25, 0.3) is 0 Å². The van der Waals surface area contributed by atoms with Gasteiger partial charge in [-0.15, -0.1) is 0 Å². The number of aliphatic carboxylic acids is 1. The molecule has 3 nitrogen and oxygen atoms in total. The fraction of sp³-hybridized carbons (Fsp3) is 0.364. The molecule has 0 saturated carbocycles. The van der Waals surface area contributed by atoms with Crippen LogP contribution in [0.1, 0.15) is 12.5 Å². The van der Waals surface area contributed by atoms with Crippen LogP contribution in [0.3, 0.4) is 0 Å². The predicted molar refractivity (Wildman–Crippen MR) is 62.9 cm³/mol. The molecular formula is C11H14BrNO2. The van der Waals surface area contributed by atoms with Crippen molar-refractivity contribution in [2.45, 2.75) is 19.4 Å². The number of carbonyl (C=O) groups is 1. The molecule has 0 heterocycles. The first-order chi connectivity index (χ1) is 7.13. The van der Waals surface area contributed by atoms with Crippen molar-refractivity contribution < 1.29 is 9.90 Å². The van der Waals surface area contributed by atoms with Gasteiger partial charge >= 0.3 is 5.97 Å². The van der Waals surface area contributed by atoms with Crippen LogP contribution in [0, 0.1) is 0 Å². The first kappa shape index (κ1) is 12.2. The number of benzene rings is 1. The van der Waals surface area contributed by atoms with E-state index in [1.165, 1.54) is 0 Å². The number of rotatable bonds is 5. The van der Waals surface area contributed by atoms with Gasteiger partial charge in [0.25, 0.3) is 0 Å². The standard InChI is InChI=1S/C11H14BrNO2/c1-2-13-10(11(14)15)7-8-3-5-9(12)6-4-8/h3-6,10,13H,2,7H2,1H3,(H,14,15)/t10-/m0/s1. The molecule has 1 rings (SSSR count). The minimum Gasteiger partial charge on any atom is -0.480 e. The van der Waals surface area contributed by atoms with Crippen molar-refractivity contribution >= 4 is 21.9 Å². The molecule has 0 saturated heterocycles. The van der Waals surface area contributed by atoms with Crippen LogP contribution in [-0.2, 0) is 11.2 Å². The first-order valence-corrected chi connectivity index (χ1v) is 5.63. The van der Waals surface area contributed by atoms with Gasteiger partial charge in [-0.2, -0.15) is 0 Å². The van der Waals surface area contributed by atoms with E-state index in [9.17, 15) is 4.79 Å². The summed E-state index contributed by atoms with van der Waals surface area (Å²) in [5.74, 6) is -0.806. The summed E-state index contributed by atoms with van der Waals surface area (Å²) in [6.45, 7) is 2.56. The van der Waals surface area contributed by atoms with Gasteiger partial charge in [0.15, 0.2) is 0 Å². The Bertz CT molecular complexity index is 324. The fourth-order valence-corrected chi connectivity index (χ4v) is 1.61. The third-order valence-electron chi connectivity index (χ3n) is 2.10. The Labute approximate surface area is 97.6 Å². The van der Waals surface area contributed by atoms with E-state index in [0.29, 0.717) is 13.0 Å². The molecule has 0 radical (unpaired) electrons. The van der Waals surface area contributed by atoms with Gasteiger partial charge in [0.2, 0.25) is 0 Å². The highest BCUT2D eigenvalue weighted by Crippen LogP contribution is 2.11. The van der Waals surface area contributed by atoms with Crippen molar-refractivity contribution in [2.75, 3.05) is 6.54 Å². The first-order valence-electron chi connectivity index (χ1n) is 4.84. The van der Waals surface area contributed by atoms with Gasteiger partial charge in [0.05, 0.1) is 0 Å². The summed E-state index contributed by atoms with van der Waals surface area (Å²) in [5.41, 5.74) is 1.02. The monoisotopic (exact) mass is 271 g/mol. The van der Waals surface area contributed by atoms with Gasteiger partial charge in [-0.25, -0.2) is 0 Å². The maximum absolute atomic E-state index is 10.9. The highest BCUT2D eigenvalue weighted by Gasteiger charge is 2.15. The van der Waals surface area contributed by atoms with E-state index in [4.69, 9.17) is 5.11 Å². The molecule has 0 fully saturated rings. The minimum atomic E-state index is -0.806. The molecule has 0 aliphatic rings. The normalized spacial score (nSPS) is 12.4. The van der Waals surface area contributed by atoms with Gasteiger partial charge < -0.3 is 10.4 Å². The van der Waals surface area contributed by atoms with Crippen molar-refractivity contribution in [3.63, 3.8) is 0 Å². The molecule has 1 aromatic carbocycles. The highest BCUT2D eigenvalue weighted by molar-refractivity contribution is 9.10. The number of halogens is 1. The zero-order valence-corrected chi connectivity index (χ0v) is 10.1. The Balaban J connectivity index is 2.65. The molecule has 2 N–H and O–H groups in total. The summed E-state index contributed by atoms with van der Waals surface area (Å²) < 4.78 is 1.00. The van der Waals surface area contributed by atoms with Crippen LogP contribution < -0.4 is 5.32 Å². The largest absolute Gasteiger partial charge is 0.480 e. The number of nitrogens with one attached hydrogen (secondary N) is 1. The number of hydrogen-bond donors (Lipinski definition) is 2. The second-order valence-corrected chi connectivity index (χ2v) is 4.19. The molecule has 0 aromatic heterocycles. The number of likely N-dealkylation sites (N-methyl/N-ethyl adjacent to an activating group) is 1. The second-order valence-electron chi connectivity index (χ2n) is 3.28. The number of carboxylic acid groups (broad SMARTS) is 1. The molecule has 0 unspecified atom stereocenters. The third kappa shape index (κ3) is 4.01. The Kier molecular flexibility index (Phi) is 4.78. The molecule has 0 bridgehead atoms. The van der Waals surface area contributed by atoms with Crippen molar-refractivity contribution in [1.82, 2.24) is 5.32 Å². The van der Waals surface area contributed by atoms with E-state index in [0.717, 1.165) is 10.0 Å². The topological polar surface area (TPSA) is 49.3 Å². The molecule has 1 atom stereocenters. The second kappa shape index (κ2) is 5.88. The zero-order chi connectivity index (χ0) is 11.3.